The van der Waals surface area contributed by atoms with Crippen LogP contribution in [0, 0.1) is 11.8 Å². The van der Waals surface area contributed by atoms with Gasteiger partial charge in [-0.1, -0.05) is 13.3 Å². The average molecular weight is 170 g/mol. The van der Waals surface area contributed by atoms with E-state index in [2.05, 4.69) is 6.92 Å². The molecule has 0 aromatic carbocycles. The van der Waals surface area contributed by atoms with Gasteiger partial charge in [0.1, 0.15) is 0 Å². The Balaban J connectivity index is 2.18. The molecule has 2 nitrogen and oxygen atoms in total. The van der Waals surface area contributed by atoms with Crippen molar-refractivity contribution >= 4 is 5.97 Å². The lowest BCUT2D eigenvalue weighted by atomic mass is 10.0. The fourth-order valence-electron chi connectivity index (χ4n) is 1.97. The highest BCUT2D eigenvalue weighted by Gasteiger charge is 2.23. The fourth-order valence-corrected chi connectivity index (χ4v) is 1.97. The van der Waals surface area contributed by atoms with Crippen molar-refractivity contribution in [1.82, 2.24) is 0 Å². The SMILES string of the molecule is CCOC(=O)CC1CC[C@@H](C)C1. The molecule has 2 atom stereocenters. The predicted octanol–water partition coefficient (Wildman–Crippen LogP) is 2.38. The molecular formula is C10H18O2. The molecule has 0 spiro atoms. The average Bonchev–Trinajstić information content (AvgIpc) is 2.36. The zero-order chi connectivity index (χ0) is 8.97. The van der Waals surface area contributed by atoms with Gasteiger partial charge in [-0.3, -0.25) is 4.79 Å². The lowest BCUT2D eigenvalue weighted by molar-refractivity contribution is -0.144. The molecule has 0 saturated heterocycles. The van der Waals surface area contributed by atoms with E-state index >= 15 is 0 Å². The van der Waals surface area contributed by atoms with E-state index in [-0.39, 0.29) is 5.97 Å². The van der Waals surface area contributed by atoms with Crippen molar-refractivity contribution in [3.05, 3.63) is 0 Å². The fraction of sp³-hybridized carbons (Fsp3) is 0.900. The molecule has 0 aliphatic heterocycles. The summed E-state index contributed by atoms with van der Waals surface area (Å²) in [5.74, 6) is 1.39. The van der Waals surface area contributed by atoms with Gasteiger partial charge in [0, 0.05) is 6.42 Å². The second-order valence-electron chi connectivity index (χ2n) is 3.79. The Morgan fingerprint density at radius 2 is 2.25 bits per heavy atom. The number of rotatable bonds is 3. The molecule has 1 saturated carbocycles. The number of carbonyl (C=O) groups is 1. The third kappa shape index (κ3) is 2.84. The van der Waals surface area contributed by atoms with Crippen LogP contribution in [0.25, 0.3) is 0 Å². The van der Waals surface area contributed by atoms with Gasteiger partial charge in [-0.25, -0.2) is 0 Å². The third-order valence-electron chi connectivity index (χ3n) is 2.56. The highest BCUT2D eigenvalue weighted by Crippen LogP contribution is 2.32. The largest absolute Gasteiger partial charge is 0.466 e. The molecule has 1 fully saturated rings. The zero-order valence-corrected chi connectivity index (χ0v) is 8.01. The van der Waals surface area contributed by atoms with Gasteiger partial charge in [-0.2, -0.15) is 0 Å². The summed E-state index contributed by atoms with van der Waals surface area (Å²) in [6, 6.07) is 0. The van der Waals surface area contributed by atoms with Crippen molar-refractivity contribution in [3.63, 3.8) is 0 Å². The van der Waals surface area contributed by atoms with Crippen LogP contribution < -0.4 is 0 Å². The highest BCUT2D eigenvalue weighted by molar-refractivity contribution is 5.69. The summed E-state index contributed by atoms with van der Waals surface area (Å²) >= 11 is 0. The van der Waals surface area contributed by atoms with E-state index in [1.165, 1.54) is 19.3 Å². The number of carbonyl (C=O) groups excluding carboxylic acids is 1. The molecule has 0 bridgehead atoms. The topological polar surface area (TPSA) is 26.3 Å². The second-order valence-corrected chi connectivity index (χ2v) is 3.79. The van der Waals surface area contributed by atoms with Crippen LogP contribution in [-0.4, -0.2) is 12.6 Å². The normalized spacial score (nSPS) is 28.8. The van der Waals surface area contributed by atoms with E-state index in [0.29, 0.717) is 18.9 Å². The van der Waals surface area contributed by atoms with E-state index < -0.39 is 0 Å². The Bertz CT molecular complexity index is 154. The van der Waals surface area contributed by atoms with Gasteiger partial charge >= 0.3 is 5.97 Å². The van der Waals surface area contributed by atoms with Crippen molar-refractivity contribution in [1.29, 1.82) is 0 Å². The lowest BCUT2D eigenvalue weighted by Crippen LogP contribution is -2.09. The van der Waals surface area contributed by atoms with Crippen LogP contribution >= 0.6 is 0 Å². The van der Waals surface area contributed by atoms with Crippen LogP contribution in [0.15, 0.2) is 0 Å². The van der Waals surface area contributed by atoms with Crippen LogP contribution in [0.2, 0.25) is 0 Å². The molecule has 0 aromatic rings. The Kier molecular flexibility index (Phi) is 3.57. The molecule has 12 heavy (non-hydrogen) atoms. The molecule has 1 aliphatic carbocycles. The van der Waals surface area contributed by atoms with Crippen molar-refractivity contribution in [2.45, 2.75) is 39.5 Å². The lowest BCUT2D eigenvalue weighted by Gasteiger charge is -2.07. The molecule has 0 heterocycles. The summed E-state index contributed by atoms with van der Waals surface area (Å²) in [4.78, 5) is 11.1. The monoisotopic (exact) mass is 170 g/mol. The van der Waals surface area contributed by atoms with E-state index in [1.54, 1.807) is 0 Å². The molecule has 1 aliphatic rings. The summed E-state index contributed by atoms with van der Waals surface area (Å²) in [6.45, 7) is 4.63. The van der Waals surface area contributed by atoms with E-state index in [1.807, 2.05) is 6.92 Å². The molecular weight excluding hydrogens is 152 g/mol. The molecule has 1 rings (SSSR count). The highest BCUT2D eigenvalue weighted by atomic mass is 16.5. The van der Waals surface area contributed by atoms with Crippen molar-refractivity contribution in [3.8, 4) is 0 Å². The van der Waals surface area contributed by atoms with Crippen LogP contribution in [0.1, 0.15) is 39.5 Å². The first-order chi connectivity index (χ1) is 5.72. The van der Waals surface area contributed by atoms with E-state index in [9.17, 15) is 4.79 Å². The van der Waals surface area contributed by atoms with Crippen LogP contribution in [-0.2, 0) is 9.53 Å². The third-order valence-corrected chi connectivity index (χ3v) is 2.56. The zero-order valence-electron chi connectivity index (χ0n) is 8.01. The molecule has 0 aromatic heterocycles. The number of hydrogen-bond acceptors (Lipinski definition) is 2. The Labute approximate surface area is 74.3 Å². The maximum Gasteiger partial charge on any atom is 0.306 e. The maximum absolute atomic E-state index is 11.1. The van der Waals surface area contributed by atoms with Gasteiger partial charge in [0.2, 0.25) is 0 Å². The van der Waals surface area contributed by atoms with Crippen LogP contribution in [0.5, 0.6) is 0 Å². The van der Waals surface area contributed by atoms with Crippen molar-refractivity contribution < 1.29 is 9.53 Å². The van der Waals surface area contributed by atoms with Gasteiger partial charge in [0.05, 0.1) is 6.61 Å². The number of ether oxygens (including phenoxy) is 1. The summed E-state index contributed by atoms with van der Waals surface area (Å²) in [7, 11) is 0. The minimum Gasteiger partial charge on any atom is -0.466 e. The van der Waals surface area contributed by atoms with Crippen LogP contribution in [0.3, 0.4) is 0 Å². The van der Waals surface area contributed by atoms with E-state index in [4.69, 9.17) is 4.74 Å². The van der Waals surface area contributed by atoms with E-state index in [0.717, 1.165) is 5.92 Å². The van der Waals surface area contributed by atoms with Gasteiger partial charge < -0.3 is 4.74 Å². The molecule has 1 unspecified atom stereocenters. The number of esters is 1. The molecule has 0 amide bonds. The maximum atomic E-state index is 11.1. The van der Waals surface area contributed by atoms with Gasteiger partial charge in [-0.05, 0) is 31.6 Å². The first-order valence-electron chi connectivity index (χ1n) is 4.88. The standard InChI is InChI=1S/C10H18O2/c1-3-12-10(11)7-9-5-4-8(2)6-9/h8-9H,3-7H2,1-2H3/t8-,9?/m1/s1. The van der Waals surface area contributed by atoms with Crippen molar-refractivity contribution in [2.75, 3.05) is 6.61 Å². The molecule has 0 N–H and O–H groups in total. The first kappa shape index (κ1) is 9.56. The molecule has 70 valence electrons. The summed E-state index contributed by atoms with van der Waals surface area (Å²) < 4.78 is 4.90. The van der Waals surface area contributed by atoms with Gasteiger partial charge in [0.25, 0.3) is 0 Å². The second kappa shape index (κ2) is 4.48. The van der Waals surface area contributed by atoms with Crippen molar-refractivity contribution in [2.24, 2.45) is 11.8 Å². The quantitative estimate of drug-likeness (QED) is 0.608. The van der Waals surface area contributed by atoms with Crippen LogP contribution in [0.4, 0.5) is 0 Å². The summed E-state index contributed by atoms with van der Waals surface area (Å²) in [6.07, 6.45) is 4.33. The van der Waals surface area contributed by atoms with Gasteiger partial charge in [-0.15, -0.1) is 0 Å². The minimum atomic E-state index is -0.0170. The van der Waals surface area contributed by atoms with Gasteiger partial charge in [0.15, 0.2) is 0 Å². The molecule has 0 radical (unpaired) electrons. The predicted molar refractivity (Wildman–Crippen MR) is 47.8 cm³/mol. The first-order valence-corrected chi connectivity index (χ1v) is 4.88. The Morgan fingerprint density at radius 3 is 2.75 bits per heavy atom. The summed E-state index contributed by atoms with van der Waals surface area (Å²) in [5, 5.41) is 0. The number of hydrogen-bond donors (Lipinski definition) is 0. The molecule has 2 heteroatoms. The smallest absolute Gasteiger partial charge is 0.306 e. The Morgan fingerprint density at radius 1 is 1.50 bits per heavy atom. The summed E-state index contributed by atoms with van der Waals surface area (Å²) in [5.41, 5.74) is 0. The minimum absolute atomic E-state index is 0.0170. The Hall–Kier alpha value is -0.530.